The van der Waals surface area contributed by atoms with Gasteiger partial charge in [-0.3, -0.25) is 4.79 Å². The maximum absolute atomic E-state index is 12.0. The topological polar surface area (TPSA) is 60.5 Å². The van der Waals surface area contributed by atoms with Gasteiger partial charge in [-0.2, -0.15) is 0 Å². The number of rotatable bonds is 6. The number of aromatic nitrogens is 1. The normalized spacial score (nSPS) is 14.7. The molecule has 0 atom stereocenters. The fourth-order valence-electron chi connectivity index (χ4n) is 2.88. The van der Waals surface area contributed by atoms with Crippen molar-refractivity contribution in [3.63, 3.8) is 0 Å². The van der Waals surface area contributed by atoms with E-state index in [-0.39, 0.29) is 5.91 Å². The molecule has 0 bridgehead atoms. The summed E-state index contributed by atoms with van der Waals surface area (Å²) in [5.41, 5.74) is 2.74. The third-order valence-electron chi connectivity index (χ3n) is 4.44. The number of nitrogens with one attached hydrogen (secondary N) is 2. The lowest BCUT2D eigenvalue weighted by atomic mass is 10.2. The molecule has 3 rings (SSSR count). The second-order valence-corrected chi connectivity index (χ2v) is 6.39. The minimum atomic E-state index is -0.138. The lowest BCUT2D eigenvalue weighted by molar-refractivity contribution is 0.0958. The Labute approximate surface area is 154 Å². The first-order chi connectivity index (χ1) is 12.7. The molecule has 2 aromatic rings. The lowest BCUT2D eigenvalue weighted by Gasteiger charge is -2.34. The molecule has 1 saturated heterocycles. The fourth-order valence-corrected chi connectivity index (χ4v) is 2.88. The molecule has 2 heterocycles. The van der Waals surface area contributed by atoms with Crippen molar-refractivity contribution in [2.24, 2.45) is 0 Å². The number of carbonyl (C=O) groups excluding carboxylic acids is 1. The van der Waals surface area contributed by atoms with Crippen molar-refractivity contribution in [3.05, 3.63) is 60.8 Å². The van der Waals surface area contributed by atoms with Crippen LogP contribution in [0.15, 0.2) is 55.3 Å². The van der Waals surface area contributed by atoms with Gasteiger partial charge in [0.2, 0.25) is 0 Å². The molecule has 1 fully saturated rings. The molecule has 0 unspecified atom stereocenters. The van der Waals surface area contributed by atoms with Crippen LogP contribution >= 0.6 is 0 Å². The van der Waals surface area contributed by atoms with Crippen molar-refractivity contribution in [2.75, 3.05) is 50.0 Å². The van der Waals surface area contributed by atoms with Crippen LogP contribution in [0.1, 0.15) is 10.4 Å². The van der Waals surface area contributed by atoms with E-state index in [1.165, 1.54) is 5.69 Å². The molecule has 0 spiro atoms. The van der Waals surface area contributed by atoms with Crippen LogP contribution in [0.2, 0.25) is 0 Å². The number of likely N-dealkylation sites (N-methyl/N-ethyl adjacent to an activating group) is 1. The van der Waals surface area contributed by atoms with Gasteiger partial charge in [-0.15, -0.1) is 6.58 Å². The summed E-state index contributed by atoms with van der Waals surface area (Å²) in [5.74, 6) is 0.504. The Morgan fingerprint density at radius 2 is 1.92 bits per heavy atom. The minimum absolute atomic E-state index is 0.138. The highest BCUT2D eigenvalue weighted by Gasteiger charge is 2.14. The predicted octanol–water partition coefficient (Wildman–Crippen LogP) is 2.49. The van der Waals surface area contributed by atoms with E-state index in [1.54, 1.807) is 24.4 Å². The molecular weight excluding hydrogens is 326 g/mol. The van der Waals surface area contributed by atoms with E-state index in [2.05, 4.69) is 51.2 Å². The zero-order chi connectivity index (χ0) is 18.4. The molecule has 26 heavy (non-hydrogen) atoms. The van der Waals surface area contributed by atoms with Gasteiger partial charge in [0.1, 0.15) is 5.82 Å². The zero-order valence-corrected chi connectivity index (χ0v) is 15.1. The largest absolute Gasteiger partial charge is 0.369 e. The molecule has 136 valence electrons. The van der Waals surface area contributed by atoms with Gasteiger partial charge in [0, 0.05) is 55.9 Å². The van der Waals surface area contributed by atoms with Crippen LogP contribution in [0.3, 0.4) is 0 Å². The average Bonchev–Trinajstić information content (AvgIpc) is 2.67. The molecule has 1 amide bonds. The van der Waals surface area contributed by atoms with Crippen molar-refractivity contribution in [3.8, 4) is 0 Å². The van der Waals surface area contributed by atoms with E-state index in [1.807, 2.05) is 12.1 Å². The first-order valence-electron chi connectivity index (χ1n) is 8.81. The summed E-state index contributed by atoms with van der Waals surface area (Å²) < 4.78 is 0. The number of piperazine rings is 1. The Hall–Kier alpha value is -2.86. The summed E-state index contributed by atoms with van der Waals surface area (Å²) in [6.07, 6.45) is 3.28. The van der Waals surface area contributed by atoms with Crippen molar-refractivity contribution < 1.29 is 4.79 Å². The second kappa shape index (κ2) is 8.49. The number of pyridine rings is 1. The van der Waals surface area contributed by atoms with Gasteiger partial charge in [0.05, 0.1) is 0 Å². The molecular formula is C20H25N5O. The number of hydrogen-bond donors (Lipinski definition) is 2. The van der Waals surface area contributed by atoms with Crippen molar-refractivity contribution in [1.29, 1.82) is 0 Å². The van der Waals surface area contributed by atoms with Gasteiger partial charge in [-0.1, -0.05) is 6.08 Å². The van der Waals surface area contributed by atoms with Crippen LogP contribution in [0.4, 0.5) is 17.2 Å². The van der Waals surface area contributed by atoms with Gasteiger partial charge in [0.15, 0.2) is 0 Å². The van der Waals surface area contributed by atoms with Crippen molar-refractivity contribution >= 4 is 23.1 Å². The summed E-state index contributed by atoms with van der Waals surface area (Å²) >= 11 is 0. The maximum Gasteiger partial charge on any atom is 0.251 e. The number of amides is 1. The Kier molecular flexibility index (Phi) is 5.86. The monoisotopic (exact) mass is 351 g/mol. The number of anilines is 3. The quantitative estimate of drug-likeness (QED) is 0.783. The van der Waals surface area contributed by atoms with E-state index >= 15 is 0 Å². The van der Waals surface area contributed by atoms with E-state index in [0.717, 1.165) is 31.9 Å². The van der Waals surface area contributed by atoms with Gasteiger partial charge in [-0.05, 0) is 43.4 Å². The number of nitrogens with zero attached hydrogens (tertiary/aromatic N) is 3. The average molecular weight is 351 g/mol. The molecule has 0 aliphatic carbocycles. The molecule has 1 aliphatic heterocycles. The smallest absolute Gasteiger partial charge is 0.251 e. The summed E-state index contributed by atoms with van der Waals surface area (Å²) in [6, 6.07) is 11.8. The molecule has 1 aliphatic rings. The Balaban J connectivity index is 1.64. The first-order valence-corrected chi connectivity index (χ1v) is 8.81. The molecule has 1 aromatic carbocycles. The molecule has 6 nitrogen and oxygen atoms in total. The number of benzene rings is 1. The SMILES string of the molecule is C=CCNC(=O)c1ccnc(Nc2ccc(N3CCN(C)CC3)cc2)c1. The van der Waals surface area contributed by atoms with E-state index in [9.17, 15) is 4.79 Å². The maximum atomic E-state index is 12.0. The van der Waals surface area contributed by atoms with Crippen LogP contribution in [0, 0.1) is 0 Å². The summed E-state index contributed by atoms with van der Waals surface area (Å²) in [4.78, 5) is 21.1. The highest BCUT2D eigenvalue weighted by Crippen LogP contribution is 2.21. The van der Waals surface area contributed by atoms with Gasteiger partial charge >= 0.3 is 0 Å². The number of hydrogen-bond acceptors (Lipinski definition) is 5. The Bertz CT molecular complexity index is 751. The predicted molar refractivity (Wildman–Crippen MR) is 106 cm³/mol. The Morgan fingerprint density at radius 3 is 2.62 bits per heavy atom. The summed E-state index contributed by atoms with van der Waals surface area (Å²) in [7, 11) is 2.16. The molecule has 0 saturated carbocycles. The molecule has 0 radical (unpaired) electrons. The summed E-state index contributed by atoms with van der Waals surface area (Å²) in [6.45, 7) is 8.31. The molecule has 2 N–H and O–H groups in total. The van der Waals surface area contributed by atoms with Crippen molar-refractivity contribution in [2.45, 2.75) is 0 Å². The van der Waals surface area contributed by atoms with Crippen LogP contribution in [0.5, 0.6) is 0 Å². The van der Waals surface area contributed by atoms with Gasteiger partial charge in [-0.25, -0.2) is 4.98 Å². The second-order valence-electron chi connectivity index (χ2n) is 6.39. The first kappa shape index (κ1) is 17.9. The van der Waals surface area contributed by atoms with E-state index in [0.29, 0.717) is 17.9 Å². The van der Waals surface area contributed by atoms with Crippen molar-refractivity contribution in [1.82, 2.24) is 15.2 Å². The van der Waals surface area contributed by atoms with E-state index < -0.39 is 0 Å². The highest BCUT2D eigenvalue weighted by molar-refractivity contribution is 5.95. The van der Waals surface area contributed by atoms with Crippen LogP contribution < -0.4 is 15.5 Å². The third-order valence-corrected chi connectivity index (χ3v) is 4.44. The third kappa shape index (κ3) is 4.61. The lowest BCUT2D eigenvalue weighted by Crippen LogP contribution is -2.44. The molecule has 1 aromatic heterocycles. The summed E-state index contributed by atoms with van der Waals surface area (Å²) in [5, 5.41) is 6.02. The minimum Gasteiger partial charge on any atom is -0.369 e. The zero-order valence-electron chi connectivity index (χ0n) is 15.1. The molecule has 6 heteroatoms. The van der Waals surface area contributed by atoms with Gasteiger partial charge < -0.3 is 20.4 Å². The fraction of sp³-hybridized carbons (Fsp3) is 0.300. The number of carbonyl (C=O) groups is 1. The van der Waals surface area contributed by atoms with Crippen LogP contribution in [0.25, 0.3) is 0 Å². The Morgan fingerprint density at radius 1 is 1.19 bits per heavy atom. The standard InChI is InChI=1S/C20H25N5O/c1-3-9-22-20(26)16-8-10-21-19(15-16)23-17-4-6-18(7-5-17)25-13-11-24(2)12-14-25/h3-8,10,15H,1,9,11-14H2,2H3,(H,21,23)(H,22,26). The van der Waals surface area contributed by atoms with Gasteiger partial charge in [0.25, 0.3) is 5.91 Å². The van der Waals surface area contributed by atoms with Crippen LogP contribution in [-0.2, 0) is 0 Å². The van der Waals surface area contributed by atoms with Crippen LogP contribution in [-0.4, -0.2) is 55.6 Å². The van der Waals surface area contributed by atoms with E-state index in [4.69, 9.17) is 0 Å². The highest BCUT2D eigenvalue weighted by atomic mass is 16.1.